The Morgan fingerprint density at radius 3 is 2.70 bits per heavy atom. The lowest BCUT2D eigenvalue weighted by molar-refractivity contribution is 0.0691. The summed E-state index contributed by atoms with van der Waals surface area (Å²) < 4.78 is 16.6. The van der Waals surface area contributed by atoms with Crippen molar-refractivity contribution >= 4 is 17.2 Å². The van der Waals surface area contributed by atoms with Crippen LogP contribution in [-0.4, -0.2) is 43.2 Å². The van der Waals surface area contributed by atoms with Gasteiger partial charge in [-0.3, -0.25) is 4.79 Å². The van der Waals surface area contributed by atoms with Crippen LogP contribution in [0.25, 0.3) is 0 Å². The first kappa shape index (κ1) is 20.2. The van der Waals surface area contributed by atoms with Crippen LogP contribution in [0.5, 0.6) is 17.4 Å². The fourth-order valence-corrected chi connectivity index (χ4v) is 4.73. The van der Waals surface area contributed by atoms with E-state index >= 15 is 0 Å². The van der Waals surface area contributed by atoms with E-state index < -0.39 is 0 Å². The van der Waals surface area contributed by atoms with Gasteiger partial charge in [0.05, 0.1) is 26.9 Å². The van der Waals surface area contributed by atoms with Crippen LogP contribution in [0.15, 0.2) is 48.0 Å². The molecule has 7 heteroatoms. The number of ether oxygens (including phenoxy) is 3. The highest BCUT2D eigenvalue weighted by Gasteiger charge is 2.35. The van der Waals surface area contributed by atoms with Crippen molar-refractivity contribution in [2.24, 2.45) is 0 Å². The third-order valence-electron chi connectivity index (χ3n) is 5.23. The first-order chi connectivity index (χ1) is 14.7. The number of hydrogen-bond donors (Lipinski definition) is 0. The highest BCUT2D eigenvalue weighted by molar-refractivity contribution is 7.10. The smallest absolute Gasteiger partial charge is 0.260 e. The van der Waals surface area contributed by atoms with E-state index in [2.05, 4.69) is 11.1 Å². The van der Waals surface area contributed by atoms with Crippen LogP contribution >= 0.6 is 11.3 Å². The van der Waals surface area contributed by atoms with Crippen LogP contribution in [0.2, 0.25) is 0 Å². The number of rotatable bonds is 6. The fraction of sp³-hybridized carbons (Fsp3) is 0.304. The van der Waals surface area contributed by atoms with Crippen LogP contribution in [-0.2, 0) is 6.42 Å². The molecule has 0 radical (unpaired) electrons. The normalized spacial score (nSPS) is 15.4. The van der Waals surface area contributed by atoms with Crippen molar-refractivity contribution in [1.82, 2.24) is 9.88 Å². The molecule has 0 bridgehead atoms. The number of carbonyl (C=O) groups is 1. The predicted molar refractivity (Wildman–Crippen MR) is 116 cm³/mol. The number of methoxy groups -OCH3 is 2. The lowest BCUT2D eigenvalue weighted by Crippen LogP contribution is -2.40. The van der Waals surface area contributed by atoms with Crippen molar-refractivity contribution in [1.29, 1.82) is 0 Å². The van der Waals surface area contributed by atoms with Gasteiger partial charge in [0, 0.05) is 17.6 Å². The maximum Gasteiger partial charge on any atom is 0.260 e. The molecule has 0 N–H and O–H groups in total. The van der Waals surface area contributed by atoms with Gasteiger partial charge in [-0.15, -0.1) is 11.3 Å². The molecule has 1 aromatic carbocycles. The number of amides is 1. The SMILES string of the molecule is CCOc1ncccc1C(=O)N1CCc2cc(OC)c(OC)cc2[C@H]1c1cccs1. The Bertz CT molecular complexity index is 1040. The highest BCUT2D eigenvalue weighted by Crippen LogP contribution is 2.43. The minimum absolute atomic E-state index is 0.0922. The number of aromatic nitrogens is 1. The molecule has 0 saturated heterocycles. The Morgan fingerprint density at radius 2 is 2.00 bits per heavy atom. The first-order valence-electron chi connectivity index (χ1n) is 9.84. The molecule has 156 valence electrons. The van der Waals surface area contributed by atoms with E-state index in [0.29, 0.717) is 36.1 Å². The molecular weight excluding hydrogens is 400 g/mol. The first-order valence-corrected chi connectivity index (χ1v) is 10.7. The van der Waals surface area contributed by atoms with Crippen LogP contribution in [0.1, 0.15) is 39.3 Å². The average molecular weight is 425 g/mol. The molecule has 0 fully saturated rings. The van der Waals surface area contributed by atoms with Crippen LogP contribution in [0, 0.1) is 0 Å². The lowest BCUT2D eigenvalue weighted by Gasteiger charge is -2.37. The Balaban J connectivity index is 1.81. The van der Waals surface area contributed by atoms with E-state index in [-0.39, 0.29) is 11.9 Å². The summed E-state index contributed by atoms with van der Waals surface area (Å²) in [5.74, 6) is 1.63. The molecule has 6 nitrogen and oxygen atoms in total. The fourth-order valence-electron chi connectivity index (χ4n) is 3.88. The highest BCUT2D eigenvalue weighted by atomic mass is 32.1. The predicted octanol–water partition coefficient (Wildman–Crippen LogP) is 4.35. The summed E-state index contributed by atoms with van der Waals surface area (Å²) in [6.45, 7) is 2.92. The van der Waals surface area contributed by atoms with Crippen molar-refractivity contribution in [3.05, 3.63) is 69.5 Å². The van der Waals surface area contributed by atoms with Crippen molar-refractivity contribution in [2.75, 3.05) is 27.4 Å². The van der Waals surface area contributed by atoms with E-state index in [1.807, 2.05) is 35.4 Å². The molecule has 0 aliphatic carbocycles. The lowest BCUT2D eigenvalue weighted by atomic mass is 9.90. The zero-order valence-corrected chi connectivity index (χ0v) is 18.1. The van der Waals surface area contributed by atoms with Gasteiger partial charge in [0.15, 0.2) is 11.5 Å². The number of benzene rings is 1. The second-order valence-corrected chi connectivity index (χ2v) is 7.84. The molecule has 2 aromatic heterocycles. The van der Waals surface area contributed by atoms with Crippen molar-refractivity contribution in [3.63, 3.8) is 0 Å². The van der Waals surface area contributed by atoms with Crippen molar-refractivity contribution in [3.8, 4) is 17.4 Å². The van der Waals surface area contributed by atoms with Crippen molar-refractivity contribution in [2.45, 2.75) is 19.4 Å². The molecular formula is C23H24N2O4S. The largest absolute Gasteiger partial charge is 0.493 e. The molecule has 1 amide bonds. The molecule has 0 spiro atoms. The van der Waals surface area contributed by atoms with E-state index in [9.17, 15) is 4.79 Å². The molecule has 3 heterocycles. The average Bonchev–Trinajstić information content (AvgIpc) is 3.32. The molecule has 0 unspecified atom stereocenters. The van der Waals surface area contributed by atoms with Crippen LogP contribution in [0.4, 0.5) is 0 Å². The van der Waals surface area contributed by atoms with E-state index in [1.54, 1.807) is 43.9 Å². The van der Waals surface area contributed by atoms with E-state index in [0.717, 1.165) is 22.4 Å². The molecule has 3 aromatic rings. The minimum Gasteiger partial charge on any atom is -0.493 e. The molecule has 1 aliphatic heterocycles. The Labute approximate surface area is 180 Å². The van der Waals surface area contributed by atoms with Gasteiger partial charge in [0.25, 0.3) is 5.91 Å². The summed E-state index contributed by atoms with van der Waals surface area (Å²) in [4.78, 5) is 20.9. The number of fused-ring (bicyclic) bond motifs is 1. The third kappa shape index (κ3) is 3.61. The second-order valence-electron chi connectivity index (χ2n) is 6.86. The Morgan fingerprint density at radius 1 is 1.20 bits per heavy atom. The number of pyridine rings is 1. The van der Waals surface area contributed by atoms with Crippen LogP contribution < -0.4 is 14.2 Å². The Hall–Kier alpha value is -3.06. The van der Waals surface area contributed by atoms with Gasteiger partial charge in [-0.25, -0.2) is 4.98 Å². The second kappa shape index (κ2) is 8.75. The summed E-state index contributed by atoms with van der Waals surface area (Å²) in [6, 6.07) is 11.4. The van der Waals surface area contributed by atoms with Crippen molar-refractivity contribution < 1.29 is 19.0 Å². The zero-order valence-electron chi connectivity index (χ0n) is 17.3. The standard InChI is InChI=1S/C23H24N2O4S/c1-4-29-22-16(7-5-10-24-22)23(26)25-11-9-15-13-18(27-2)19(28-3)14-17(15)21(25)20-8-6-12-30-20/h5-8,10,12-14,21H,4,9,11H2,1-3H3/t21-/m0/s1. The van der Waals surface area contributed by atoms with E-state index in [4.69, 9.17) is 14.2 Å². The Kier molecular flexibility index (Phi) is 5.90. The van der Waals surface area contributed by atoms with Gasteiger partial charge >= 0.3 is 0 Å². The number of hydrogen-bond acceptors (Lipinski definition) is 6. The maximum atomic E-state index is 13.6. The molecule has 30 heavy (non-hydrogen) atoms. The monoisotopic (exact) mass is 424 g/mol. The van der Waals surface area contributed by atoms with Gasteiger partial charge in [0.1, 0.15) is 5.56 Å². The van der Waals surface area contributed by atoms with Gasteiger partial charge in [-0.2, -0.15) is 0 Å². The summed E-state index contributed by atoms with van der Waals surface area (Å²) in [5, 5.41) is 2.03. The molecule has 1 atom stereocenters. The van der Waals surface area contributed by atoms with Gasteiger partial charge in [-0.1, -0.05) is 6.07 Å². The van der Waals surface area contributed by atoms with Gasteiger partial charge < -0.3 is 19.1 Å². The van der Waals surface area contributed by atoms with Crippen LogP contribution in [0.3, 0.4) is 0 Å². The third-order valence-corrected chi connectivity index (χ3v) is 6.15. The van der Waals surface area contributed by atoms with Gasteiger partial charge in [0.2, 0.25) is 5.88 Å². The summed E-state index contributed by atoms with van der Waals surface area (Å²) >= 11 is 1.63. The minimum atomic E-state index is -0.212. The molecule has 0 saturated carbocycles. The quantitative estimate of drug-likeness (QED) is 0.589. The zero-order chi connectivity index (χ0) is 21.1. The molecule has 1 aliphatic rings. The summed E-state index contributed by atoms with van der Waals surface area (Å²) in [7, 11) is 3.26. The summed E-state index contributed by atoms with van der Waals surface area (Å²) in [6.07, 6.45) is 2.37. The summed E-state index contributed by atoms with van der Waals surface area (Å²) in [5.41, 5.74) is 2.69. The maximum absolute atomic E-state index is 13.6. The molecule has 4 rings (SSSR count). The number of carbonyl (C=O) groups excluding carboxylic acids is 1. The van der Waals surface area contributed by atoms with E-state index in [1.165, 1.54) is 0 Å². The topological polar surface area (TPSA) is 60.9 Å². The number of thiophene rings is 1. The van der Waals surface area contributed by atoms with Gasteiger partial charge in [-0.05, 0) is 60.2 Å². The number of nitrogens with zero attached hydrogens (tertiary/aromatic N) is 2.